The normalized spacial score (nSPS) is 18.9. The van der Waals surface area contributed by atoms with Crippen molar-refractivity contribution in [2.75, 3.05) is 13.1 Å². The SMILES string of the molecule is CCCCN(CCn1cc(CNC2CC2)nn1)C1CC1. The molecule has 112 valence electrons. The van der Waals surface area contributed by atoms with Crippen LogP contribution in [-0.2, 0) is 13.1 Å². The van der Waals surface area contributed by atoms with Crippen molar-refractivity contribution in [3.63, 3.8) is 0 Å². The Labute approximate surface area is 121 Å². The molecule has 2 aliphatic rings. The predicted octanol–water partition coefficient (Wildman–Crippen LogP) is 1.79. The number of rotatable bonds is 10. The van der Waals surface area contributed by atoms with Gasteiger partial charge in [-0.05, 0) is 38.6 Å². The molecule has 2 aliphatic carbocycles. The molecule has 1 aromatic heterocycles. The zero-order valence-corrected chi connectivity index (χ0v) is 12.6. The van der Waals surface area contributed by atoms with Crippen LogP contribution in [0.5, 0.6) is 0 Å². The summed E-state index contributed by atoms with van der Waals surface area (Å²) in [4.78, 5) is 2.63. The zero-order chi connectivity index (χ0) is 13.8. The van der Waals surface area contributed by atoms with Gasteiger partial charge in [-0.25, -0.2) is 0 Å². The van der Waals surface area contributed by atoms with Gasteiger partial charge in [-0.1, -0.05) is 18.6 Å². The summed E-state index contributed by atoms with van der Waals surface area (Å²) >= 11 is 0. The summed E-state index contributed by atoms with van der Waals surface area (Å²) in [7, 11) is 0. The lowest BCUT2D eigenvalue weighted by Crippen LogP contribution is -2.30. The molecule has 0 atom stereocenters. The van der Waals surface area contributed by atoms with E-state index >= 15 is 0 Å². The maximum Gasteiger partial charge on any atom is 0.0964 e. The molecule has 0 aromatic carbocycles. The first kappa shape index (κ1) is 14.0. The molecule has 0 radical (unpaired) electrons. The lowest BCUT2D eigenvalue weighted by molar-refractivity contribution is 0.244. The summed E-state index contributed by atoms with van der Waals surface area (Å²) in [6.45, 7) is 6.46. The van der Waals surface area contributed by atoms with Crippen molar-refractivity contribution >= 4 is 0 Å². The second-order valence-electron chi connectivity index (χ2n) is 6.25. The van der Waals surface area contributed by atoms with E-state index in [4.69, 9.17) is 0 Å². The molecule has 1 N–H and O–H groups in total. The van der Waals surface area contributed by atoms with Crippen LogP contribution >= 0.6 is 0 Å². The average molecular weight is 277 g/mol. The van der Waals surface area contributed by atoms with Gasteiger partial charge in [0.05, 0.1) is 12.2 Å². The Morgan fingerprint density at radius 3 is 2.85 bits per heavy atom. The highest BCUT2D eigenvalue weighted by molar-refractivity contribution is 4.94. The molecule has 0 unspecified atom stereocenters. The number of hydrogen-bond acceptors (Lipinski definition) is 4. The van der Waals surface area contributed by atoms with Crippen LogP contribution in [0.4, 0.5) is 0 Å². The van der Waals surface area contributed by atoms with Crippen molar-refractivity contribution in [1.29, 1.82) is 0 Å². The summed E-state index contributed by atoms with van der Waals surface area (Å²) in [6, 6.07) is 1.58. The van der Waals surface area contributed by atoms with Gasteiger partial charge in [0.1, 0.15) is 0 Å². The fourth-order valence-corrected chi connectivity index (χ4v) is 2.57. The molecule has 0 spiro atoms. The van der Waals surface area contributed by atoms with Gasteiger partial charge in [0.15, 0.2) is 0 Å². The molecule has 0 bridgehead atoms. The van der Waals surface area contributed by atoms with Crippen LogP contribution < -0.4 is 5.32 Å². The van der Waals surface area contributed by atoms with Gasteiger partial charge in [-0.2, -0.15) is 0 Å². The molecule has 3 rings (SSSR count). The first-order valence-electron chi connectivity index (χ1n) is 8.21. The molecular weight excluding hydrogens is 250 g/mol. The van der Waals surface area contributed by atoms with Crippen LogP contribution in [0.1, 0.15) is 51.1 Å². The van der Waals surface area contributed by atoms with Crippen molar-refractivity contribution < 1.29 is 0 Å². The first-order valence-corrected chi connectivity index (χ1v) is 8.21. The van der Waals surface area contributed by atoms with Gasteiger partial charge >= 0.3 is 0 Å². The largest absolute Gasteiger partial charge is 0.308 e. The Hall–Kier alpha value is -0.940. The van der Waals surface area contributed by atoms with Crippen molar-refractivity contribution in [3.8, 4) is 0 Å². The Morgan fingerprint density at radius 2 is 2.15 bits per heavy atom. The van der Waals surface area contributed by atoms with E-state index in [1.807, 2.05) is 4.68 Å². The van der Waals surface area contributed by atoms with E-state index in [1.54, 1.807) is 0 Å². The van der Waals surface area contributed by atoms with Crippen molar-refractivity contribution in [1.82, 2.24) is 25.2 Å². The molecule has 0 saturated heterocycles. The fourth-order valence-electron chi connectivity index (χ4n) is 2.57. The van der Waals surface area contributed by atoms with E-state index in [0.29, 0.717) is 0 Å². The molecule has 0 amide bonds. The quantitative estimate of drug-likeness (QED) is 0.708. The number of nitrogens with zero attached hydrogens (tertiary/aromatic N) is 4. The molecule has 0 aliphatic heterocycles. The Morgan fingerprint density at radius 1 is 1.30 bits per heavy atom. The van der Waals surface area contributed by atoms with Crippen molar-refractivity contribution in [3.05, 3.63) is 11.9 Å². The molecule has 1 aromatic rings. The summed E-state index contributed by atoms with van der Waals surface area (Å²) in [6.07, 6.45) is 10.1. The number of nitrogens with one attached hydrogen (secondary N) is 1. The summed E-state index contributed by atoms with van der Waals surface area (Å²) in [5, 5.41) is 12.0. The topological polar surface area (TPSA) is 46.0 Å². The zero-order valence-electron chi connectivity index (χ0n) is 12.6. The van der Waals surface area contributed by atoms with Gasteiger partial charge in [0, 0.05) is 31.4 Å². The van der Waals surface area contributed by atoms with Crippen LogP contribution in [0.15, 0.2) is 6.20 Å². The molecule has 1 heterocycles. The van der Waals surface area contributed by atoms with E-state index in [-0.39, 0.29) is 0 Å². The molecule has 5 nitrogen and oxygen atoms in total. The van der Waals surface area contributed by atoms with Crippen molar-refractivity contribution in [2.45, 2.75) is 70.6 Å². The van der Waals surface area contributed by atoms with Gasteiger partial charge in [-0.3, -0.25) is 9.58 Å². The van der Waals surface area contributed by atoms with Gasteiger partial charge < -0.3 is 5.32 Å². The smallest absolute Gasteiger partial charge is 0.0964 e. The third kappa shape index (κ3) is 4.28. The highest BCUT2D eigenvalue weighted by atomic mass is 15.4. The lowest BCUT2D eigenvalue weighted by atomic mass is 10.3. The molecule has 2 saturated carbocycles. The van der Waals surface area contributed by atoms with Gasteiger partial charge in [0.25, 0.3) is 0 Å². The first-order chi connectivity index (χ1) is 9.85. The highest BCUT2D eigenvalue weighted by Crippen LogP contribution is 2.26. The Balaban J connectivity index is 1.41. The van der Waals surface area contributed by atoms with E-state index in [9.17, 15) is 0 Å². The lowest BCUT2D eigenvalue weighted by Gasteiger charge is -2.21. The van der Waals surface area contributed by atoms with Crippen LogP contribution in [0.2, 0.25) is 0 Å². The second kappa shape index (κ2) is 6.68. The maximum absolute atomic E-state index is 4.25. The molecular formula is C15H27N5. The van der Waals surface area contributed by atoms with E-state index < -0.39 is 0 Å². The number of hydrogen-bond donors (Lipinski definition) is 1. The van der Waals surface area contributed by atoms with E-state index in [1.165, 1.54) is 45.1 Å². The fraction of sp³-hybridized carbons (Fsp3) is 0.867. The average Bonchev–Trinajstić information content (AvgIpc) is 3.37. The highest BCUT2D eigenvalue weighted by Gasteiger charge is 2.28. The predicted molar refractivity (Wildman–Crippen MR) is 79.4 cm³/mol. The van der Waals surface area contributed by atoms with Crippen molar-refractivity contribution in [2.24, 2.45) is 0 Å². The van der Waals surface area contributed by atoms with Gasteiger partial charge in [-0.15, -0.1) is 5.10 Å². The number of aromatic nitrogens is 3. The Bertz CT molecular complexity index is 408. The van der Waals surface area contributed by atoms with Crippen LogP contribution in [0.25, 0.3) is 0 Å². The third-order valence-electron chi connectivity index (χ3n) is 4.21. The summed E-state index contributed by atoms with van der Waals surface area (Å²) in [5.41, 5.74) is 1.07. The monoisotopic (exact) mass is 277 g/mol. The van der Waals surface area contributed by atoms with Crippen LogP contribution in [0, 0.1) is 0 Å². The summed E-state index contributed by atoms with van der Waals surface area (Å²) in [5.74, 6) is 0. The molecule has 20 heavy (non-hydrogen) atoms. The molecule has 2 fully saturated rings. The second-order valence-corrected chi connectivity index (χ2v) is 6.25. The maximum atomic E-state index is 4.25. The van der Waals surface area contributed by atoms with Crippen LogP contribution in [0.3, 0.4) is 0 Å². The Kier molecular flexibility index (Phi) is 4.68. The number of unbranched alkanes of at least 4 members (excludes halogenated alkanes) is 1. The third-order valence-corrected chi connectivity index (χ3v) is 4.21. The van der Waals surface area contributed by atoms with E-state index in [0.717, 1.165) is 37.4 Å². The van der Waals surface area contributed by atoms with E-state index in [2.05, 4.69) is 33.6 Å². The molecule has 5 heteroatoms. The minimum absolute atomic E-state index is 0.736. The standard InChI is InChI=1S/C15H27N5/c1-2-3-8-19(15-6-7-15)9-10-20-12-14(17-18-20)11-16-13-4-5-13/h12-13,15-16H,2-11H2,1H3. The van der Waals surface area contributed by atoms with Gasteiger partial charge in [0.2, 0.25) is 0 Å². The summed E-state index contributed by atoms with van der Waals surface area (Å²) < 4.78 is 2.01. The minimum atomic E-state index is 0.736. The van der Waals surface area contributed by atoms with Crippen LogP contribution in [-0.4, -0.2) is 45.1 Å². The minimum Gasteiger partial charge on any atom is -0.308 e.